The average Bonchev–Trinajstić information content (AvgIpc) is 2.92. The van der Waals surface area contributed by atoms with Gasteiger partial charge in [0.05, 0.1) is 19.8 Å². The Morgan fingerprint density at radius 1 is 1.33 bits per heavy atom. The van der Waals surface area contributed by atoms with Gasteiger partial charge in [-0.2, -0.15) is 0 Å². The van der Waals surface area contributed by atoms with E-state index in [2.05, 4.69) is 4.72 Å². The Kier molecular flexibility index (Phi) is 5.21. The van der Waals surface area contributed by atoms with E-state index in [-0.39, 0.29) is 29.4 Å². The molecule has 0 bridgehead atoms. The number of rotatable bonds is 6. The topological polar surface area (TPSA) is 84.9 Å². The summed E-state index contributed by atoms with van der Waals surface area (Å²) in [6.45, 7) is -0.226. The zero-order valence-corrected chi connectivity index (χ0v) is 13.0. The Morgan fingerprint density at radius 2 is 2.10 bits per heavy atom. The van der Waals surface area contributed by atoms with Crippen LogP contribution in [-0.2, 0) is 21.4 Å². The summed E-state index contributed by atoms with van der Waals surface area (Å²) in [6, 6.07) is 4.37. The molecule has 1 fully saturated rings. The summed E-state index contributed by atoms with van der Waals surface area (Å²) in [5, 5.41) is 9.18. The Hall–Kier alpha value is -1.15. The van der Waals surface area contributed by atoms with Crippen molar-refractivity contribution in [2.45, 2.75) is 42.9 Å². The van der Waals surface area contributed by atoms with Gasteiger partial charge in [0.2, 0.25) is 10.0 Å². The SMILES string of the molecule is COc1ccc(CO)cc1S(=O)(=O)NC1CCCC1OC. The number of ether oxygens (including phenoxy) is 2. The smallest absolute Gasteiger partial charge is 0.244 e. The van der Waals surface area contributed by atoms with E-state index in [1.165, 1.54) is 13.2 Å². The van der Waals surface area contributed by atoms with Gasteiger partial charge in [-0.15, -0.1) is 0 Å². The van der Waals surface area contributed by atoms with E-state index in [1.807, 2.05) is 0 Å². The number of methoxy groups -OCH3 is 2. The Labute approximate surface area is 125 Å². The minimum absolute atomic E-state index is 0.0401. The molecule has 1 aromatic carbocycles. The second kappa shape index (κ2) is 6.74. The number of aliphatic hydroxyl groups excluding tert-OH is 1. The second-order valence-corrected chi connectivity index (χ2v) is 6.76. The summed E-state index contributed by atoms with van der Waals surface area (Å²) in [7, 11) is -0.723. The summed E-state index contributed by atoms with van der Waals surface area (Å²) in [5.41, 5.74) is 0.519. The van der Waals surface area contributed by atoms with Gasteiger partial charge in [-0.1, -0.05) is 6.07 Å². The lowest BCUT2D eigenvalue weighted by Gasteiger charge is -2.20. The van der Waals surface area contributed by atoms with Crippen LogP contribution in [0.25, 0.3) is 0 Å². The van der Waals surface area contributed by atoms with Crippen molar-refractivity contribution in [3.8, 4) is 5.75 Å². The number of hydrogen-bond donors (Lipinski definition) is 2. The molecule has 7 heteroatoms. The fourth-order valence-electron chi connectivity index (χ4n) is 2.64. The normalized spacial score (nSPS) is 22.4. The van der Waals surface area contributed by atoms with Gasteiger partial charge >= 0.3 is 0 Å². The number of nitrogens with one attached hydrogen (secondary N) is 1. The maximum absolute atomic E-state index is 12.6. The Morgan fingerprint density at radius 3 is 2.71 bits per heavy atom. The van der Waals surface area contributed by atoms with Crippen LogP contribution in [0.3, 0.4) is 0 Å². The van der Waals surface area contributed by atoms with Gasteiger partial charge in [0, 0.05) is 13.2 Å². The van der Waals surface area contributed by atoms with Crippen molar-refractivity contribution in [1.29, 1.82) is 0 Å². The van der Waals surface area contributed by atoms with Crippen LogP contribution >= 0.6 is 0 Å². The van der Waals surface area contributed by atoms with Crippen LogP contribution in [-0.4, -0.2) is 39.9 Å². The fraction of sp³-hybridized carbons (Fsp3) is 0.571. The highest BCUT2D eigenvalue weighted by Gasteiger charge is 2.32. The van der Waals surface area contributed by atoms with Gasteiger partial charge in [0.15, 0.2) is 0 Å². The zero-order chi connectivity index (χ0) is 15.5. The van der Waals surface area contributed by atoms with Gasteiger partial charge in [0.25, 0.3) is 0 Å². The van der Waals surface area contributed by atoms with Crippen LogP contribution in [0.1, 0.15) is 24.8 Å². The molecular formula is C14H21NO5S. The molecule has 118 valence electrons. The van der Waals surface area contributed by atoms with Crippen LogP contribution in [0.15, 0.2) is 23.1 Å². The molecule has 1 aliphatic rings. The molecule has 21 heavy (non-hydrogen) atoms. The standard InChI is InChI=1S/C14H21NO5S/c1-19-12-5-3-4-11(12)15-21(17,18)14-8-10(9-16)6-7-13(14)20-2/h6-8,11-12,15-16H,3-5,9H2,1-2H3. The molecule has 0 aromatic heterocycles. The molecule has 0 heterocycles. The number of benzene rings is 1. The monoisotopic (exact) mass is 315 g/mol. The van der Waals surface area contributed by atoms with Crippen LogP contribution in [0.5, 0.6) is 5.75 Å². The third-order valence-electron chi connectivity index (χ3n) is 3.76. The van der Waals surface area contributed by atoms with Gasteiger partial charge in [-0.05, 0) is 37.0 Å². The molecule has 2 N–H and O–H groups in total. The lowest BCUT2D eigenvalue weighted by molar-refractivity contribution is 0.0916. The van der Waals surface area contributed by atoms with Crippen LogP contribution < -0.4 is 9.46 Å². The van der Waals surface area contributed by atoms with E-state index in [0.29, 0.717) is 5.56 Å². The molecule has 6 nitrogen and oxygen atoms in total. The summed E-state index contributed by atoms with van der Waals surface area (Å²) >= 11 is 0. The van der Waals surface area contributed by atoms with Crippen LogP contribution in [0.2, 0.25) is 0 Å². The van der Waals surface area contributed by atoms with Crippen LogP contribution in [0, 0.1) is 0 Å². The van der Waals surface area contributed by atoms with E-state index in [4.69, 9.17) is 9.47 Å². The van der Waals surface area contributed by atoms with E-state index in [1.54, 1.807) is 19.2 Å². The first kappa shape index (κ1) is 16.2. The predicted octanol–water partition coefficient (Wildman–Crippen LogP) is 1.03. The van der Waals surface area contributed by atoms with Crippen molar-refractivity contribution in [2.24, 2.45) is 0 Å². The highest BCUT2D eigenvalue weighted by molar-refractivity contribution is 7.89. The lowest BCUT2D eigenvalue weighted by Crippen LogP contribution is -2.40. The summed E-state index contributed by atoms with van der Waals surface area (Å²) < 4.78 is 38.2. The molecule has 0 amide bonds. The quantitative estimate of drug-likeness (QED) is 0.819. The first-order valence-electron chi connectivity index (χ1n) is 6.84. The van der Waals surface area contributed by atoms with Crippen LogP contribution in [0.4, 0.5) is 0 Å². The molecule has 0 aliphatic heterocycles. The minimum Gasteiger partial charge on any atom is -0.495 e. The summed E-state index contributed by atoms with van der Waals surface area (Å²) in [6.07, 6.45) is 2.42. The molecule has 0 spiro atoms. The highest BCUT2D eigenvalue weighted by atomic mass is 32.2. The third-order valence-corrected chi connectivity index (χ3v) is 5.27. The van der Waals surface area contributed by atoms with Crippen molar-refractivity contribution in [3.63, 3.8) is 0 Å². The third kappa shape index (κ3) is 3.55. The average molecular weight is 315 g/mol. The molecule has 0 saturated heterocycles. The van der Waals surface area contributed by atoms with Gasteiger partial charge < -0.3 is 14.6 Å². The fourth-order valence-corrected chi connectivity index (χ4v) is 4.15. The Bertz CT molecular complexity index is 587. The molecule has 1 saturated carbocycles. The summed E-state index contributed by atoms with van der Waals surface area (Å²) in [4.78, 5) is 0.0401. The summed E-state index contributed by atoms with van der Waals surface area (Å²) in [5.74, 6) is 0.256. The second-order valence-electron chi connectivity index (χ2n) is 5.08. The molecule has 0 radical (unpaired) electrons. The van der Waals surface area contributed by atoms with Crippen molar-refractivity contribution in [1.82, 2.24) is 4.72 Å². The Balaban J connectivity index is 2.30. The number of aliphatic hydroxyl groups is 1. The predicted molar refractivity (Wildman–Crippen MR) is 77.7 cm³/mol. The molecule has 2 rings (SSSR count). The first-order valence-corrected chi connectivity index (χ1v) is 8.33. The largest absolute Gasteiger partial charge is 0.495 e. The molecule has 1 aliphatic carbocycles. The maximum Gasteiger partial charge on any atom is 0.244 e. The molecule has 2 atom stereocenters. The van der Waals surface area contributed by atoms with E-state index in [9.17, 15) is 13.5 Å². The number of hydrogen-bond acceptors (Lipinski definition) is 5. The zero-order valence-electron chi connectivity index (χ0n) is 12.2. The van der Waals surface area contributed by atoms with E-state index >= 15 is 0 Å². The molecular weight excluding hydrogens is 294 g/mol. The first-order chi connectivity index (χ1) is 10.0. The van der Waals surface area contributed by atoms with Gasteiger partial charge in [-0.25, -0.2) is 13.1 Å². The minimum atomic E-state index is -3.73. The highest BCUT2D eigenvalue weighted by Crippen LogP contribution is 2.28. The molecule has 1 aromatic rings. The van der Waals surface area contributed by atoms with E-state index in [0.717, 1.165) is 19.3 Å². The molecule has 2 unspecified atom stereocenters. The van der Waals surface area contributed by atoms with Crippen molar-refractivity contribution >= 4 is 10.0 Å². The van der Waals surface area contributed by atoms with Crippen molar-refractivity contribution in [2.75, 3.05) is 14.2 Å². The van der Waals surface area contributed by atoms with Gasteiger partial charge in [-0.3, -0.25) is 0 Å². The number of sulfonamides is 1. The maximum atomic E-state index is 12.6. The van der Waals surface area contributed by atoms with Crippen molar-refractivity contribution in [3.05, 3.63) is 23.8 Å². The van der Waals surface area contributed by atoms with Crippen molar-refractivity contribution < 1.29 is 23.0 Å². The van der Waals surface area contributed by atoms with E-state index < -0.39 is 10.0 Å². The van der Waals surface area contributed by atoms with Gasteiger partial charge in [0.1, 0.15) is 10.6 Å². The lowest BCUT2D eigenvalue weighted by atomic mass is 10.2.